The first-order valence-corrected chi connectivity index (χ1v) is 13.6. The minimum atomic E-state index is -0.852. The third-order valence-electron chi connectivity index (χ3n) is 6.94. The van der Waals surface area contributed by atoms with Gasteiger partial charge in [-0.2, -0.15) is 0 Å². The number of aliphatic hydroxyl groups is 1. The average molecular weight is 599 g/mol. The SMILES string of the molecule is O=C1NC(=S)NC(=O)C1=Cc1cn(CC(O)Cn2cc(C=C3C(=O)NC(=S)NC3=O)c3ccccc32)c2ccccc12. The topological polar surface area (TPSA) is 146 Å². The molecule has 2 aliphatic heterocycles. The largest absolute Gasteiger partial charge is 0.389 e. The van der Waals surface area contributed by atoms with Gasteiger partial charge in [0.2, 0.25) is 0 Å². The third-order valence-corrected chi connectivity index (χ3v) is 7.35. The number of aromatic nitrogens is 2. The average Bonchev–Trinajstić information content (AvgIpc) is 3.46. The normalized spacial score (nSPS) is 15.7. The Morgan fingerprint density at radius 3 is 1.38 bits per heavy atom. The van der Waals surface area contributed by atoms with Crippen LogP contribution in [0.4, 0.5) is 0 Å². The highest BCUT2D eigenvalue weighted by molar-refractivity contribution is 7.80. The summed E-state index contributed by atoms with van der Waals surface area (Å²) in [5.74, 6) is -2.35. The van der Waals surface area contributed by atoms with Crippen molar-refractivity contribution in [1.29, 1.82) is 0 Å². The van der Waals surface area contributed by atoms with Crippen molar-refractivity contribution in [2.24, 2.45) is 0 Å². The molecule has 2 aromatic carbocycles. The molecule has 2 aliphatic rings. The van der Waals surface area contributed by atoms with Gasteiger partial charge in [-0.1, -0.05) is 36.4 Å². The Morgan fingerprint density at radius 1 is 0.643 bits per heavy atom. The van der Waals surface area contributed by atoms with Gasteiger partial charge in [-0.25, -0.2) is 0 Å². The van der Waals surface area contributed by atoms with Crippen LogP contribution in [-0.4, -0.2) is 54.2 Å². The highest BCUT2D eigenvalue weighted by Crippen LogP contribution is 2.27. The third kappa shape index (κ3) is 5.11. The number of amides is 4. The number of rotatable bonds is 6. The van der Waals surface area contributed by atoms with Crippen LogP contribution in [0.3, 0.4) is 0 Å². The standard InChI is InChI=1S/C29H22N6O5S2/c36-17(13-34-11-15(18-5-1-3-7-22(18)34)9-20-24(37)30-28(41)31-25(20)38)14-35-12-16(19-6-2-4-8-23(19)35)10-21-26(39)32-29(42)33-27(21)40/h1-12,17,36H,13-14H2,(H2,30,31,37,38,41)(H2,32,33,39,40,42). The summed E-state index contributed by atoms with van der Waals surface area (Å²) in [4.78, 5) is 49.6. The molecular weight excluding hydrogens is 576 g/mol. The van der Waals surface area contributed by atoms with Crippen LogP contribution in [0.5, 0.6) is 0 Å². The van der Waals surface area contributed by atoms with Crippen molar-refractivity contribution in [2.75, 3.05) is 0 Å². The molecule has 2 aromatic heterocycles. The fraction of sp³-hybridized carbons (Fsp3) is 0.103. The molecule has 4 amide bonds. The molecule has 11 nitrogen and oxygen atoms in total. The number of thiocarbonyl (C=S) groups is 2. The van der Waals surface area contributed by atoms with Gasteiger partial charge in [-0.3, -0.25) is 40.4 Å². The Kier molecular flexibility index (Phi) is 6.98. The van der Waals surface area contributed by atoms with Crippen LogP contribution in [0.2, 0.25) is 0 Å². The second-order valence-electron chi connectivity index (χ2n) is 9.75. The number of fused-ring (bicyclic) bond motifs is 2. The van der Waals surface area contributed by atoms with Crippen LogP contribution in [0.1, 0.15) is 11.1 Å². The van der Waals surface area contributed by atoms with E-state index in [2.05, 4.69) is 21.3 Å². The first-order chi connectivity index (χ1) is 20.2. The molecule has 0 saturated carbocycles. The highest BCUT2D eigenvalue weighted by Gasteiger charge is 2.27. The van der Waals surface area contributed by atoms with Gasteiger partial charge in [0.25, 0.3) is 23.6 Å². The molecule has 0 bridgehead atoms. The van der Waals surface area contributed by atoms with Crippen LogP contribution in [-0.2, 0) is 32.3 Å². The van der Waals surface area contributed by atoms with Gasteiger partial charge in [0.1, 0.15) is 11.1 Å². The molecular formula is C29H22N6O5S2. The van der Waals surface area contributed by atoms with E-state index in [1.165, 1.54) is 12.2 Å². The molecule has 4 heterocycles. The van der Waals surface area contributed by atoms with Crippen LogP contribution in [0, 0.1) is 0 Å². The van der Waals surface area contributed by atoms with E-state index < -0.39 is 29.7 Å². The van der Waals surface area contributed by atoms with Crippen molar-refractivity contribution in [3.63, 3.8) is 0 Å². The first-order valence-electron chi connectivity index (χ1n) is 12.8. The number of nitrogens with one attached hydrogen (secondary N) is 4. The van der Waals surface area contributed by atoms with Crippen LogP contribution in [0.15, 0.2) is 72.1 Å². The quantitative estimate of drug-likeness (QED) is 0.128. The summed E-state index contributed by atoms with van der Waals surface area (Å²) < 4.78 is 3.73. The molecule has 0 radical (unpaired) electrons. The number of para-hydroxylation sites is 2. The predicted molar refractivity (Wildman–Crippen MR) is 164 cm³/mol. The molecule has 0 atom stereocenters. The lowest BCUT2D eigenvalue weighted by atomic mass is 10.1. The van der Waals surface area contributed by atoms with Crippen molar-refractivity contribution >= 4 is 92.2 Å². The maximum absolute atomic E-state index is 12.4. The van der Waals surface area contributed by atoms with Crippen molar-refractivity contribution in [1.82, 2.24) is 30.4 Å². The molecule has 4 aromatic rings. The van der Waals surface area contributed by atoms with Crippen molar-refractivity contribution < 1.29 is 24.3 Å². The minimum Gasteiger partial charge on any atom is -0.389 e. The molecule has 0 spiro atoms. The summed E-state index contributed by atoms with van der Waals surface area (Å²) in [6, 6.07) is 15.0. The van der Waals surface area contributed by atoms with E-state index in [9.17, 15) is 24.3 Å². The lowest BCUT2D eigenvalue weighted by Gasteiger charge is -2.16. The van der Waals surface area contributed by atoms with E-state index in [0.29, 0.717) is 11.1 Å². The van der Waals surface area contributed by atoms with Gasteiger partial charge in [0, 0.05) is 45.3 Å². The van der Waals surface area contributed by atoms with Crippen LogP contribution >= 0.6 is 24.4 Å². The molecule has 5 N–H and O–H groups in total. The zero-order valence-corrected chi connectivity index (χ0v) is 23.3. The predicted octanol–water partition coefficient (Wildman–Crippen LogP) is 1.49. The van der Waals surface area contributed by atoms with E-state index in [-0.39, 0.29) is 34.5 Å². The van der Waals surface area contributed by atoms with Crippen LogP contribution in [0.25, 0.3) is 34.0 Å². The summed E-state index contributed by atoms with van der Waals surface area (Å²) in [5.41, 5.74) is 2.74. The Balaban J connectivity index is 1.30. The number of aliphatic hydroxyl groups excluding tert-OH is 1. The summed E-state index contributed by atoms with van der Waals surface area (Å²) in [5, 5.41) is 22.4. The molecule has 2 saturated heterocycles. The van der Waals surface area contributed by atoms with E-state index >= 15 is 0 Å². The van der Waals surface area contributed by atoms with E-state index in [4.69, 9.17) is 24.4 Å². The Labute approximate surface area is 248 Å². The van der Waals surface area contributed by atoms with Crippen molar-refractivity contribution in [3.8, 4) is 0 Å². The molecule has 42 heavy (non-hydrogen) atoms. The molecule has 0 unspecified atom stereocenters. The van der Waals surface area contributed by atoms with Crippen LogP contribution < -0.4 is 21.3 Å². The summed E-state index contributed by atoms with van der Waals surface area (Å²) in [6.45, 7) is 0.411. The van der Waals surface area contributed by atoms with Gasteiger partial charge in [-0.05, 0) is 48.7 Å². The van der Waals surface area contributed by atoms with Crippen molar-refractivity contribution in [3.05, 3.63) is 83.2 Å². The van der Waals surface area contributed by atoms with E-state index in [1.54, 1.807) is 12.4 Å². The fourth-order valence-electron chi connectivity index (χ4n) is 5.12. The van der Waals surface area contributed by atoms with E-state index in [0.717, 1.165) is 21.8 Å². The molecule has 2 fully saturated rings. The van der Waals surface area contributed by atoms with Gasteiger partial charge in [0.15, 0.2) is 10.2 Å². The maximum atomic E-state index is 12.4. The Hall–Kier alpha value is -4.98. The zero-order chi connectivity index (χ0) is 29.5. The number of nitrogens with zero attached hydrogens (tertiary/aromatic N) is 2. The summed E-state index contributed by atoms with van der Waals surface area (Å²) in [7, 11) is 0. The molecule has 0 aliphatic carbocycles. The number of benzene rings is 2. The number of carbonyl (C=O) groups excluding carboxylic acids is 4. The van der Waals surface area contributed by atoms with Gasteiger partial charge < -0.3 is 14.2 Å². The Bertz CT molecular complexity index is 1750. The lowest BCUT2D eigenvalue weighted by Crippen LogP contribution is -2.51. The minimum absolute atomic E-state index is 0.0426. The second kappa shape index (κ2) is 10.8. The molecule has 210 valence electrons. The summed E-state index contributed by atoms with van der Waals surface area (Å²) >= 11 is 9.76. The highest BCUT2D eigenvalue weighted by atomic mass is 32.1. The number of carbonyl (C=O) groups is 4. The molecule has 6 rings (SSSR count). The molecule has 13 heteroatoms. The second-order valence-corrected chi connectivity index (χ2v) is 10.6. The zero-order valence-electron chi connectivity index (χ0n) is 21.7. The Morgan fingerprint density at radius 2 is 1.00 bits per heavy atom. The number of hydrogen-bond donors (Lipinski definition) is 5. The lowest BCUT2D eigenvalue weighted by molar-refractivity contribution is -0.124. The smallest absolute Gasteiger partial charge is 0.263 e. The fourth-order valence-corrected chi connectivity index (χ4v) is 5.49. The van der Waals surface area contributed by atoms with Gasteiger partial charge in [-0.15, -0.1) is 0 Å². The number of hydrogen-bond acceptors (Lipinski definition) is 7. The van der Waals surface area contributed by atoms with Gasteiger partial charge in [0.05, 0.1) is 19.2 Å². The van der Waals surface area contributed by atoms with Crippen molar-refractivity contribution in [2.45, 2.75) is 19.2 Å². The van der Waals surface area contributed by atoms with Gasteiger partial charge >= 0.3 is 0 Å². The summed E-state index contributed by atoms with van der Waals surface area (Å²) in [6.07, 6.45) is 5.71. The first kappa shape index (κ1) is 27.2. The van der Waals surface area contributed by atoms with E-state index in [1.807, 2.05) is 57.7 Å². The monoisotopic (exact) mass is 598 g/mol. The maximum Gasteiger partial charge on any atom is 0.263 e.